The lowest BCUT2D eigenvalue weighted by Gasteiger charge is -2.25. The van der Waals surface area contributed by atoms with Crippen LogP contribution in [0, 0.1) is 0 Å². The maximum Gasteiger partial charge on any atom is 0.0594 e. The van der Waals surface area contributed by atoms with Crippen LogP contribution in [0.1, 0.15) is 5.69 Å². The van der Waals surface area contributed by atoms with Crippen molar-refractivity contribution < 1.29 is 4.74 Å². The molecule has 1 aromatic heterocycles. The lowest BCUT2D eigenvalue weighted by atomic mass is 10.3. The highest BCUT2D eigenvalue weighted by Crippen LogP contribution is 2.08. The van der Waals surface area contributed by atoms with E-state index < -0.39 is 0 Å². The van der Waals surface area contributed by atoms with Gasteiger partial charge in [-0.25, -0.2) is 0 Å². The SMILES string of the molecule is Nc1c[nH]c(CN2CCOCC2)c1. The van der Waals surface area contributed by atoms with Gasteiger partial charge in [-0.15, -0.1) is 0 Å². The van der Waals surface area contributed by atoms with Crippen LogP contribution >= 0.6 is 0 Å². The topological polar surface area (TPSA) is 54.3 Å². The second-order valence-corrected chi connectivity index (χ2v) is 3.35. The molecule has 4 heteroatoms. The highest BCUT2D eigenvalue weighted by atomic mass is 16.5. The van der Waals surface area contributed by atoms with Gasteiger partial charge >= 0.3 is 0 Å². The molecule has 0 spiro atoms. The lowest BCUT2D eigenvalue weighted by molar-refractivity contribution is 0.0337. The van der Waals surface area contributed by atoms with Crippen LogP contribution in [-0.4, -0.2) is 36.2 Å². The van der Waals surface area contributed by atoms with Crippen molar-refractivity contribution in [2.45, 2.75) is 6.54 Å². The highest BCUT2D eigenvalue weighted by Gasteiger charge is 2.10. The predicted molar refractivity (Wildman–Crippen MR) is 51.3 cm³/mol. The number of rotatable bonds is 2. The molecular weight excluding hydrogens is 166 g/mol. The van der Waals surface area contributed by atoms with Gasteiger partial charge < -0.3 is 15.5 Å². The molecule has 1 aromatic rings. The van der Waals surface area contributed by atoms with Gasteiger partial charge in [0.1, 0.15) is 0 Å². The number of nitrogen functional groups attached to an aromatic ring is 1. The van der Waals surface area contributed by atoms with Crippen LogP contribution in [-0.2, 0) is 11.3 Å². The Bertz CT molecular complexity index is 266. The standard InChI is InChI=1S/C9H15N3O/c10-8-5-9(11-6-8)7-12-1-3-13-4-2-12/h5-6,11H,1-4,7,10H2. The number of anilines is 1. The molecule has 1 aliphatic rings. The molecule has 13 heavy (non-hydrogen) atoms. The molecule has 2 rings (SSSR count). The summed E-state index contributed by atoms with van der Waals surface area (Å²) in [5, 5.41) is 0. The number of aromatic nitrogens is 1. The Labute approximate surface area is 77.7 Å². The average Bonchev–Trinajstić information content (AvgIpc) is 2.53. The minimum Gasteiger partial charge on any atom is -0.397 e. The molecular formula is C9H15N3O. The van der Waals surface area contributed by atoms with E-state index in [9.17, 15) is 0 Å². The van der Waals surface area contributed by atoms with E-state index in [0.717, 1.165) is 38.5 Å². The van der Waals surface area contributed by atoms with Gasteiger partial charge in [-0.1, -0.05) is 0 Å². The van der Waals surface area contributed by atoms with E-state index in [1.54, 1.807) is 0 Å². The molecule has 0 amide bonds. The number of morpholine rings is 1. The molecule has 4 nitrogen and oxygen atoms in total. The van der Waals surface area contributed by atoms with Crippen molar-refractivity contribution in [1.82, 2.24) is 9.88 Å². The van der Waals surface area contributed by atoms with Crippen molar-refractivity contribution in [3.05, 3.63) is 18.0 Å². The van der Waals surface area contributed by atoms with Crippen molar-refractivity contribution in [2.75, 3.05) is 32.0 Å². The van der Waals surface area contributed by atoms with E-state index in [-0.39, 0.29) is 0 Å². The van der Waals surface area contributed by atoms with Crippen LogP contribution < -0.4 is 5.73 Å². The van der Waals surface area contributed by atoms with Crippen molar-refractivity contribution in [2.24, 2.45) is 0 Å². The third-order valence-electron chi connectivity index (χ3n) is 2.26. The summed E-state index contributed by atoms with van der Waals surface area (Å²) in [7, 11) is 0. The van der Waals surface area contributed by atoms with Crippen LogP contribution in [0.4, 0.5) is 5.69 Å². The molecule has 0 unspecified atom stereocenters. The van der Waals surface area contributed by atoms with Gasteiger partial charge in [-0.05, 0) is 6.07 Å². The van der Waals surface area contributed by atoms with E-state index in [0.29, 0.717) is 0 Å². The maximum absolute atomic E-state index is 5.61. The van der Waals surface area contributed by atoms with Crippen LogP contribution in [0.15, 0.2) is 12.3 Å². The fraction of sp³-hybridized carbons (Fsp3) is 0.556. The van der Waals surface area contributed by atoms with Crippen molar-refractivity contribution >= 4 is 5.69 Å². The smallest absolute Gasteiger partial charge is 0.0594 e. The average molecular weight is 181 g/mol. The monoisotopic (exact) mass is 181 g/mol. The number of nitrogens with one attached hydrogen (secondary N) is 1. The van der Waals surface area contributed by atoms with Crippen molar-refractivity contribution in [1.29, 1.82) is 0 Å². The minimum atomic E-state index is 0.809. The number of nitrogens with two attached hydrogens (primary N) is 1. The molecule has 1 saturated heterocycles. The Balaban J connectivity index is 1.89. The summed E-state index contributed by atoms with van der Waals surface area (Å²) in [5.74, 6) is 0. The molecule has 0 aromatic carbocycles. The number of ether oxygens (including phenoxy) is 1. The zero-order valence-corrected chi connectivity index (χ0v) is 7.62. The summed E-state index contributed by atoms with van der Waals surface area (Å²) < 4.78 is 5.27. The lowest BCUT2D eigenvalue weighted by Crippen LogP contribution is -2.35. The first-order valence-electron chi connectivity index (χ1n) is 4.57. The van der Waals surface area contributed by atoms with Gasteiger partial charge in [-0.3, -0.25) is 4.90 Å². The van der Waals surface area contributed by atoms with E-state index in [2.05, 4.69) is 9.88 Å². The zero-order valence-electron chi connectivity index (χ0n) is 7.62. The molecule has 1 fully saturated rings. The van der Waals surface area contributed by atoms with Gasteiger partial charge in [0.25, 0.3) is 0 Å². The molecule has 3 N–H and O–H groups in total. The highest BCUT2D eigenvalue weighted by molar-refractivity contribution is 5.37. The quantitative estimate of drug-likeness (QED) is 0.695. The number of hydrogen-bond donors (Lipinski definition) is 2. The molecule has 0 saturated carbocycles. The molecule has 0 bridgehead atoms. The molecule has 2 heterocycles. The first-order valence-corrected chi connectivity index (χ1v) is 4.57. The predicted octanol–water partition coefficient (Wildman–Crippen LogP) is 0.429. The van der Waals surface area contributed by atoms with Crippen LogP contribution in [0.3, 0.4) is 0 Å². The van der Waals surface area contributed by atoms with Crippen molar-refractivity contribution in [3.8, 4) is 0 Å². The molecule has 0 aliphatic carbocycles. The number of H-pyrrole nitrogens is 1. The Kier molecular flexibility index (Phi) is 2.52. The van der Waals surface area contributed by atoms with Gasteiger partial charge in [0.05, 0.1) is 13.2 Å². The molecule has 72 valence electrons. The largest absolute Gasteiger partial charge is 0.397 e. The van der Waals surface area contributed by atoms with Crippen LogP contribution in [0.25, 0.3) is 0 Å². The fourth-order valence-corrected chi connectivity index (χ4v) is 1.55. The minimum absolute atomic E-state index is 0.809. The second-order valence-electron chi connectivity index (χ2n) is 3.35. The summed E-state index contributed by atoms with van der Waals surface area (Å²) in [6, 6.07) is 1.98. The normalized spacial score (nSPS) is 19.1. The number of aromatic amines is 1. The van der Waals surface area contributed by atoms with Gasteiger partial charge in [0, 0.05) is 37.2 Å². The van der Waals surface area contributed by atoms with E-state index in [4.69, 9.17) is 10.5 Å². The summed E-state index contributed by atoms with van der Waals surface area (Å²) in [6.45, 7) is 4.66. The Morgan fingerprint density at radius 3 is 2.85 bits per heavy atom. The van der Waals surface area contributed by atoms with Gasteiger partial charge in [0.2, 0.25) is 0 Å². The van der Waals surface area contributed by atoms with Crippen molar-refractivity contribution in [3.63, 3.8) is 0 Å². The number of hydrogen-bond acceptors (Lipinski definition) is 3. The third-order valence-corrected chi connectivity index (χ3v) is 2.26. The Morgan fingerprint density at radius 2 is 2.23 bits per heavy atom. The summed E-state index contributed by atoms with van der Waals surface area (Å²) in [4.78, 5) is 5.50. The Morgan fingerprint density at radius 1 is 1.46 bits per heavy atom. The first-order chi connectivity index (χ1) is 6.34. The molecule has 0 radical (unpaired) electrons. The number of nitrogens with zero attached hydrogens (tertiary/aromatic N) is 1. The third kappa shape index (κ3) is 2.23. The first kappa shape index (κ1) is 8.59. The van der Waals surface area contributed by atoms with Gasteiger partial charge in [0.15, 0.2) is 0 Å². The summed E-state index contributed by atoms with van der Waals surface area (Å²) in [6.07, 6.45) is 1.83. The fourth-order valence-electron chi connectivity index (χ4n) is 1.55. The molecule has 0 atom stereocenters. The van der Waals surface area contributed by atoms with Crippen LogP contribution in [0.5, 0.6) is 0 Å². The summed E-state index contributed by atoms with van der Waals surface area (Å²) in [5.41, 5.74) is 7.60. The van der Waals surface area contributed by atoms with E-state index in [1.807, 2.05) is 12.3 Å². The van der Waals surface area contributed by atoms with Crippen LogP contribution in [0.2, 0.25) is 0 Å². The van der Waals surface area contributed by atoms with E-state index in [1.165, 1.54) is 5.69 Å². The maximum atomic E-state index is 5.61. The van der Waals surface area contributed by atoms with E-state index >= 15 is 0 Å². The molecule has 1 aliphatic heterocycles. The zero-order chi connectivity index (χ0) is 9.10. The van der Waals surface area contributed by atoms with Gasteiger partial charge in [-0.2, -0.15) is 0 Å². The summed E-state index contributed by atoms with van der Waals surface area (Å²) >= 11 is 0. The Hall–Kier alpha value is -1.00. The second kappa shape index (κ2) is 3.81.